The van der Waals surface area contributed by atoms with Crippen LogP contribution in [0.5, 0.6) is 0 Å². The first-order valence-electron chi connectivity index (χ1n) is 4.80. The van der Waals surface area contributed by atoms with E-state index in [1.54, 1.807) is 12.1 Å². The quantitative estimate of drug-likeness (QED) is 0.884. The minimum absolute atomic E-state index is 0.161. The van der Waals surface area contributed by atoms with E-state index in [1.807, 2.05) is 12.1 Å². The van der Waals surface area contributed by atoms with Gasteiger partial charge in [-0.15, -0.1) is 11.3 Å². The molecule has 0 saturated carbocycles. The molecule has 2 heterocycles. The van der Waals surface area contributed by atoms with Crippen molar-refractivity contribution in [3.63, 3.8) is 0 Å². The Balaban J connectivity index is 2.23. The molecule has 4 nitrogen and oxygen atoms in total. The number of carbonyl (C=O) groups excluding carboxylic acids is 1. The molecule has 0 radical (unpaired) electrons. The molecule has 1 atom stereocenters. The smallest absolute Gasteiger partial charge is 0.373 e. The fraction of sp³-hybridized carbons (Fsp3) is 0.182. The maximum atomic E-state index is 11.2. The van der Waals surface area contributed by atoms with Crippen LogP contribution in [0.3, 0.4) is 0 Å². The first-order chi connectivity index (χ1) is 8.11. The number of nitrogens with two attached hydrogens (primary N) is 1. The van der Waals surface area contributed by atoms with E-state index in [9.17, 15) is 4.79 Å². The van der Waals surface area contributed by atoms with Crippen molar-refractivity contribution in [1.29, 1.82) is 0 Å². The highest BCUT2D eigenvalue weighted by Gasteiger charge is 2.18. The van der Waals surface area contributed by atoms with E-state index in [4.69, 9.17) is 10.2 Å². The van der Waals surface area contributed by atoms with Gasteiger partial charge in [0.05, 0.1) is 16.9 Å². The molecular formula is C11H10BrNO3S. The summed E-state index contributed by atoms with van der Waals surface area (Å²) in [6.07, 6.45) is 0. The van der Waals surface area contributed by atoms with Crippen LogP contribution in [0.4, 0.5) is 0 Å². The molecule has 0 amide bonds. The van der Waals surface area contributed by atoms with Gasteiger partial charge in [0.1, 0.15) is 5.76 Å². The van der Waals surface area contributed by atoms with Gasteiger partial charge in [-0.25, -0.2) is 4.79 Å². The predicted octanol–water partition coefficient (Wildman–Crippen LogP) is 2.94. The molecule has 17 heavy (non-hydrogen) atoms. The van der Waals surface area contributed by atoms with Gasteiger partial charge in [0.2, 0.25) is 5.76 Å². The van der Waals surface area contributed by atoms with E-state index < -0.39 is 5.97 Å². The molecule has 1 unspecified atom stereocenters. The average molecular weight is 316 g/mol. The fourth-order valence-corrected chi connectivity index (χ4v) is 2.80. The number of hydrogen-bond donors (Lipinski definition) is 1. The second-order valence-corrected chi connectivity index (χ2v) is 5.81. The van der Waals surface area contributed by atoms with Crippen LogP contribution in [0.2, 0.25) is 0 Å². The number of esters is 1. The van der Waals surface area contributed by atoms with Gasteiger partial charge in [0.15, 0.2) is 0 Å². The van der Waals surface area contributed by atoms with Crippen molar-refractivity contribution in [3.8, 4) is 0 Å². The predicted molar refractivity (Wildman–Crippen MR) is 68.1 cm³/mol. The molecule has 0 saturated heterocycles. The minimum Gasteiger partial charge on any atom is -0.463 e. The van der Waals surface area contributed by atoms with Crippen molar-refractivity contribution in [2.24, 2.45) is 5.73 Å². The van der Waals surface area contributed by atoms with E-state index in [0.717, 1.165) is 8.66 Å². The number of methoxy groups -OCH3 is 1. The van der Waals surface area contributed by atoms with Gasteiger partial charge in [-0.05, 0) is 40.2 Å². The van der Waals surface area contributed by atoms with Crippen LogP contribution in [-0.2, 0) is 4.74 Å². The Bertz CT molecular complexity index is 534. The summed E-state index contributed by atoms with van der Waals surface area (Å²) in [5, 5.41) is 0. The normalized spacial score (nSPS) is 12.4. The number of rotatable bonds is 3. The zero-order valence-electron chi connectivity index (χ0n) is 8.98. The molecular weight excluding hydrogens is 306 g/mol. The van der Waals surface area contributed by atoms with Gasteiger partial charge in [-0.2, -0.15) is 0 Å². The van der Waals surface area contributed by atoms with Gasteiger partial charge < -0.3 is 14.9 Å². The summed E-state index contributed by atoms with van der Waals surface area (Å²) in [6, 6.07) is 6.71. The Morgan fingerprint density at radius 2 is 2.24 bits per heavy atom. The lowest BCUT2D eigenvalue weighted by molar-refractivity contribution is 0.0563. The van der Waals surface area contributed by atoms with Crippen LogP contribution in [0, 0.1) is 0 Å². The highest BCUT2D eigenvalue weighted by molar-refractivity contribution is 9.11. The fourth-order valence-electron chi connectivity index (χ4n) is 1.37. The first kappa shape index (κ1) is 12.3. The second-order valence-electron chi connectivity index (χ2n) is 3.31. The third-order valence-corrected chi connectivity index (χ3v) is 3.93. The third-order valence-electron chi connectivity index (χ3n) is 2.22. The van der Waals surface area contributed by atoms with Crippen molar-refractivity contribution in [1.82, 2.24) is 0 Å². The van der Waals surface area contributed by atoms with Crippen molar-refractivity contribution in [3.05, 3.63) is 44.4 Å². The monoisotopic (exact) mass is 315 g/mol. The maximum Gasteiger partial charge on any atom is 0.373 e. The highest BCUT2D eigenvalue weighted by Crippen LogP contribution is 2.30. The Kier molecular flexibility index (Phi) is 3.66. The topological polar surface area (TPSA) is 65.5 Å². The number of carbonyl (C=O) groups is 1. The van der Waals surface area contributed by atoms with Crippen molar-refractivity contribution < 1.29 is 13.9 Å². The Morgan fingerprint density at radius 3 is 2.82 bits per heavy atom. The van der Waals surface area contributed by atoms with Gasteiger partial charge in [0, 0.05) is 4.88 Å². The summed E-state index contributed by atoms with van der Waals surface area (Å²) >= 11 is 4.90. The summed E-state index contributed by atoms with van der Waals surface area (Å²) in [7, 11) is 1.31. The van der Waals surface area contributed by atoms with E-state index in [-0.39, 0.29) is 11.8 Å². The van der Waals surface area contributed by atoms with Crippen LogP contribution < -0.4 is 5.73 Å². The molecule has 6 heteroatoms. The van der Waals surface area contributed by atoms with Gasteiger partial charge in [-0.1, -0.05) is 0 Å². The number of halogens is 1. The summed E-state index contributed by atoms with van der Waals surface area (Å²) in [5.41, 5.74) is 6.03. The number of ether oxygens (including phenoxy) is 1. The van der Waals surface area contributed by atoms with E-state index in [2.05, 4.69) is 20.7 Å². The SMILES string of the molecule is COC(=O)c1ccc(C(N)c2ccc(Br)s2)o1. The molecule has 0 aliphatic rings. The van der Waals surface area contributed by atoms with Crippen LogP contribution in [0.15, 0.2) is 32.5 Å². The van der Waals surface area contributed by atoms with Crippen molar-refractivity contribution in [2.45, 2.75) is 6.04 Å². The Morgan fingerprint density at radius 1 is 1.47 bits per heavy atom. The lowest BCUT2D eigenvalue weighted by atomic mass is 10.2. The van der Waals surface area contributed by atoms with E-state index in [1.165, 1.54) is 18.4 Å². The van der Waals surface area contributed by atoms with Gasteiger partial charge >= 0.3 is 5.97 Å². The lowest BCUT2D eigenvalue weighted by Crippen LogP contribution is -2.09. The number of hydrogen-bond acceptors (Lipinski definition) is 5. The Hall–Kier alpha value is -1.11. The molecule has 0 aromatic carbocycles. The molecule has 0 spiro atoms. The molecule has 2 N–H and O–H groups in total. The summed E-state index contributed by atoms with van der Waals surface area (Å²) in [5.74, 6) is 0.198. The third kappa shape index (κ3) is 2.59. The molecule has 2 aromatic heterocycles. The second kappa shape index (κ2) is 5.03. The van der Waals surface area contributed by atoms with Crippen LogP contribution >= 0.6 is 27.3 Å². The minimum atomic E-state index is -0.504. The summed E-state index contributed by atoms with van der Waals surface area (Å²) in [6.45, 7) is 0. The molecule has 2 rings (SSSR count). The lowest BCUT2D eigenvalue weighted by Gasteiger charge is -2.05. The number of thiophene rings is 1. The summed E-state index contributed by atoms with van der Waals surface area (Å²) < 4.78 is 10.9. The first-order valence-corrected chi connectivity index (χ1v) is 6.41. The molecule has 2 aromatic rings. The maximum absolute atomic E-state index is 11.2. The van der Waals surface area contributed by atoms with Crippen LogP contribution in [-0.4, -0.2) is 13.1 Å². The van der Waals surface area contributed by atoms with E-state index in [0.29, 0.717) is 5.76 Å². The molecule has 0 fully saturated rings. The average Bonchev–Trinajstić information content (AvgIpc) is 2.95. The van der Waals surface area contributed by atoms with E-state index >= 15 is 0 Å². The standard InChI is InChI=1S/C11H10BrNO3S/c1-15-11(14)7-3-2-6(16-7)10(13)8-4-5-9(12)17-8/h2-5,10H,13H2,1H3. The Labute approximate surface area is 111 Å². The zero-order chi connectivity index (χ0) is 12.4. The highest BCUT2D eigenvalue weighted by atomic mass is 79.9. The van der Waals surface area contributed by atoms with Crippen molar-refractivity contribution >= 4 is 33.2 Å². The molecule has 0 aliphatic carbocycles. The zero-order valence-corrected chi connectivity index (χ0v) is 11.4. The van der Waals surface area contributed by atoms with Gasteiger partial charge in [-0.3, -0.25) is 0 Å². The molecule has 90 valence electrons. The molecule has 0 aliphatic heterocycles. The van der Waals surface area contributed by atoms with Crippen molar-refractivity contribution in [2.75, 3.05) is 7.11 Å². The van der Waals surface area contributed by atoms with Gasteiger partial charge in [0.25, 0.3) is 0 Å². The largest absolute Gasteiger partial charge is 0.463 e. The van der Waals surface area contributed by atoms with Crippen LogP contribution in [0.25, 0.3) is 0 Å². The van der Waals surface area contributed by atoms with Crippen LogP contribution in [0.1, 0.15) is 27.2 Å². The molecule has 0 bridgehead atoms. The number of furan rings is 1. The summed E-state index contributed by atoms with van der Waals surface area (Å²) in [4.78, 5) is 12.2.